The van der Waals surface area contributed by atoms with Gasteiger partial charge in [-0.2, -0.15) is 0 Å². The second kappa shape index (κ2) is 4.98. The molecule has 5 nitrogen and oxygen atoms in total. The molecule has 2 aromatic rings. The standard InChI is InChI=1S/C18H13NO4/c1-2-19-12-5-3-10(4-6-12)17-13-9-14-11(8-16(20)22-14)7-15(13)23-18(17)21/h3-9,19H,2H2,1H3. The summed E-state index contributed by atoms with van der Waals surface area (Å²) in [6.45, 7) is 2.85. The molecule has 4 rings (SSSR count). The fraction of sp³-hybridized carbons (Fsp3) is 0.111. The molecule has 2 aromatic carbocycles. The molecule has 0 amide bonds. The maximum Gasteiger partial charge on any atom is 0.344 e. The molecular formula is C18H13NO4. The molecule has 114 valence electrons. The molecule has 0 fully saturated rings. The zero-order valence-electron chi connectivity index (χ0n) is 12.4. The number of esters is 2. The SMILES string of the molecule is CCNc1ccc(C2=c3cc4c(cc3OC2=O)=CC(=O)O4)cc1. The second-order valence-electron chi connectivity index (χ2n) is 5.32. The van der Waals surface area contributed by atoms with Crippen molar-refractivity contribution in [3.8, 4) is 11.5 Å². The Labute approximate surface area is 131 Å². The third-order valence-electron chi connectivity index (χ3n) is 3.83. The fourth-order valence-corrected chi connectivity index (χ4v) is 2.81. The Kier molecular flexibility index (Phi) is 2.94. The topological polar surface area (TPSA) is 64.6 Å². The molecule has 0 aliphatic carbocycles. The van der Waals surface area contributed by atoms with Gasteiger partial charge in [0.25, 0.3) is 0 Å². The highest BCUT2D eigenvalue weighted by Crippen LogP contribution is 2.24. The Balaban J connectivity index is 1.87. The molecule has 5 heteroatoms. The maximum absolute atomic E-state index is 12.2. The number of anilines is 1. The quantitative estimate of drug-likeness (QED) is 0.675. The molecule has 0 atom stereocenters. The van der Waals surface area contributed by atoms with Gasteiger partial charge < -0.3 is 14.8 Å². The summed E-state index contributed by atoms with van der Waals surface area (Å²) in [6.07, 6.45) is 1.38. The first kappa shape index (κ1) is 13.6. The predicted molar refractivity (Wildman–Crippen MR) is 84.5 cm³/mol. The monoisotopic (exact) mass is 307 g/mol. The van der Waals surface area contributed by atoms with Crippen LogP contribution < -0.4 is 25.2 Å². The number of fused-ring (bicyclic) bond motifs is 2. The first-order valence-electron chi connectivity index (χ1n) is 7.34. The average molecular weight is 307 g/mol. The smallest absolute Gasteiger partial charge is 0.344 e. The third-order valence-corrected chi connectivity index (χ3v) is 3.83. The Bertz CT molecular complexity index is 958. The van der Waals surface area contributed by atoms with Crippen molar-refractivity contribution < 1.29 is 19.1 Å². The van der Waals surface area contributed by atoms with Crippen LogP contribution in [0.5, 0.6) is 11.5 Å². The van der Waals surface area contributed by atoms with Crippen LogP contribution in [0.2, 0.25) is 0 Å². The summed E-state index contributed by atoms with van der Waals surface area (Å²) in [5, 5.41) is 4.48. The van der Waals surface area contributed by atoms with Crippen molar-refractivity contribution in [1.82, 2.24) is 0 Å². The zero-order chi connectivity index (χ0) is 16.0. The van der Waals surface area contributed by atoms with Crippen LogP contribution in [0.15, 0.2) is 36.4 Å². The van der Waals surface area contributed by atoms with Gasteiger partial charge in [-0.05, 0) is 36.8 Å². The van der Waals surface area contributed by atoms with Gasteiger partial charge in [-0.25, -0.2) is 9.59 Å². The molecule has 1 N–H and O–H groups in total. The minimum atomic E-state index is -0.411. The van der Waals surface area contributed by atoms with Gasteiger partial charge in [-0.15, -0.1) is 0 Å². The van der Waals surface area contributed by atoms with E-state index in [0.29, 0.717) is 27.5 Å². The Morgan fingerprint density at radius 2 is 1.78 bits per heavy atom. The van der Waals surface area contributed by atoms with E-state index in [2.05, 4.69) is 5.32 Å². The van der Waals surface area contributed by atoms with Crippen LogP contribution in [0.3, 0.4) is 0 Å². The molecule has 23 heavy (non-hydrogen) atoms. The molecule has 0 spiro atoms. The van der Waals surface area contributed by atoms with Crippen molar-refractivity contribution in [3.63, 3.8) is 0 Å². The minimum Gasteiger partial charge on any atom is -0.423 e. The summed E-state index contributed by atoms with van der Waals surface area (Å²) < 4.78 is 10.5. The molecule has 0 radical (unpaired) electrons. The number of carbonyl (C=O) groups excluding carboxylic acids is 2. The van der Waals surface area contributed by atoms with Gasteiger partial charge in [-0.3, -0.25) is 0 Å². The van der Waals surface area contributed by atoms with Crippen LogP contribution in [0.1, 0.15) is 12.5 Å². The van der Waals surface area contributed by atoms with Crippen molar-refractivity contribution >= 4 is 29.3 Å². The van der Waals surface area contributed by atoms with Gasteiger partial charge in [0.2, 0.25) is 0 Å². The van der Waals surface area contributed by atoms with E-state index in [9.17, 15) is 9.59 Å². The van der Waals surface area contributed by atoms with Gasteiger partial charge in [0.15, 0.2) is 0 Å². The highest BCUT2D eigenvalue weighted by molar-refractivity contribution is 6.19. The number of rotatable bonds is 3. The summed E-state index contributed by atoms with van der Waals surface area (Å²) in [6, 6.07) is 10.9. The largest absolute Gasteiger partial charge is 0.423 e. The van der Waals surface area contributed by atoms with E-state index >= 15 is 0 Å². The van der Waals surface area contributed by atoms with E-state index in [4.69, 9.17) is 9.47 Å². The van der Waals surface area contributed by atoms with E-state index in [-0.39, 0.29) is 0 Å². The van der Waals surface area contributed by atoms with Crippen LogP contribution in [0.4, 0.5) is 5.69 Å². The molecule has 0 aromatic heterocycles. The summed E-state index contributed by atoms with van der Waals surface area (Å²) >= 11 is 0. The molecule has 0 saturated carbocycles. The molecule has 0 unspecified atom stereocenters. The number of hydrogen-bond acceptors (Lipinski definition) is 5. The normalized spacial score (nSPS) is 14.7. The van der Waals surface area contributed by atoms with Crippen LogP contribution in [0, 0.1) is 0 Å². The summed E-state index contributed by atoms with van der Waals surface area (Å²) in [5.74, 6) is 0.0978. The highest BCUT2D eigenvalue weighted by Gasteiger charge is 2.26. The lowest BCUT2D eigenvalue weighted by Crippen LogP contribution is -2.10. The number of carbonyl (C=O) groups is 2. The first-order valence-corrected chi connectivity index (χ1v) is 7.34. The van der Waals surface area contributed by atoms with Gasteiger partial charge in [0, 0.05) is 28.7 Å². The predicted octanol–water partition coefficient (Wildman–Crippen LogP) is 0.936. The van der Waals surface area contributed by atoms with Gasteiger partial charge in [0.1, 0.15) is 11.5 Å². The summed E-state index contributed by atoms with van der Waals surface area (Å²) in [4.78, 5) is 23.6. The Morgan fingerprint density at radius 1 is 1.00 bits per heavy atom. The number of ether oxygens (including phenoxy) is 2. The molecule has 2 aliphatic heterocycles. The van der Waals surface area contributed by atoms with Crippen molar-refractivity contribution in [2.75, 3.05) is 11.9 Å². The fourth-order valence-electron chi connectivity index (χ4n) is 2.81. The average Bonchev–Trinajstić information content (AvgIpc) is 3.03. The molecule has 2 heterocycles. The zero-order valence-corrected chi connectivity index (χ0v) is 12.4. The van der Waals surface area contributed by atoms with Crippen molar-refractivity contribution in [2.45, 2.75) is 6.92 Å². The summed E-state index contributed by atoms with van der Waals surface area (Å²) in [7, 11) is 0. The van der Waals surface area contributed by atoms with Crippen LogP contribution in [-0.2, 0) is 9.59 Å². The molecule has 2 aliphatic rings. The van der Waals surface area contributed by atoms with Crippen molar-refractivity contribution in [3.05, 3.63) is 52.4 Å². The van der Waals surface area contributed by atoms with Gasteiger partial charge >= 0.3 is 11.9 Å². The highest BCUT2D eigenvalue weighted by atomic mass is 16.5. The van der Waals surface area contributed by atoms with Crippen LogP contribution in [-0.4, -0.2) is 18.5 Å². The summed E-state index contributed by atoms with van der Waals surface area (Å²) in [5.41, 5.74) is 2.23. The lowest BCUT2D eigenvalue weighted by atomic mass is 10.0. The van der Waals surface area contributed by atoms with Gasteiger partial charge in [0.05, 0.1) is 5.57 Å². The number of nitrogens with one attached hydrogen (secondary N) is 1. The number of hydrogen-bond donors (Lipinski definition) is 1. The molecule has 0 bridgehead atoms. The number of benzene rings is 2. The lowest BCUT2D eigenvalue weighted by Gasteiger charge is -2.04. The Morgan fingerprint density at radius 3 is 2.52 bits per heavy atom. The van der Waals surface area contributed by atoms with Crippen LogP contribution in [0.25, 0.3) is 11.6 Å². The second-order valence-corrected chi connectivity index (χ2v) is 5.32. The van der Waals surface area contributed by atoms with E-state index < -0.39 is 11.9 Å². The Hall–Kier alpha value is -3.08. The maximum atomic E-state index is 12.2. The molecular weight excluding hydrogens is 294 g/mol. The van der Waals surface area contributed by atoms with E-state index in [1.165, 1.54) is 6.08 Å². The third kappa shape index (κ3) is 2.17. The minimum absolute atomic E-state index is 0.397. The van der Waals surface area contributed by atoms with Crippen LogP contribution >= 0.6 is 0 Å². The van der Waals surface area contributed by atoms with E-state index in [1.807, 2.05) is 31.2 Å². The van der Waals surface area contributed by atoms with Crippen molar-refractivity contribution in [1.29, 1.82) is 0 Å². The lowest BCUT2D eigenvalue weighted by molar-refractivity contribution is -0.128. The van der Waals surface area contributed by atoms with E-state index in [1.54, 1.807) is 12.1 Å². The molecule has 0 saturated heterocycles. The van der Waals surface area contributed by atoms with E-state index in [0.717, 1.165) is 17.8 Å². The van der Waals surface area contributed by atoms with Crippen molar-refractivity contribution in [2.24, 2.45) is 0 Å². The first-order chi connectivity index (χ1) is 11.2. The van der Waals surface area contributed by atoms with Gasteiger partial charge in [-0.1, -0.05) is 12.1 Å².